The van der Waals surface area contributed by atoms with Crippen LogP contribution in [0.1, 0.15) is 171 Å². The van der Waals surface area contributed by atoms with Crippen molar-refractivity contribution in [3.05, 3.63) is 24.3 Å². The van der Waals surface area contributed by atoms with E-state index in [9.17, 15) is 9.59 Å². The Balaban J connectivity index is 0.715. The molecule has 14 aliphatic rings. The second kappa shape index (κ2) is 21.1. The molecule has 0 radical (unpaired) electrons. The van der Waals surface area contributed by atoms with E-state index in [1.807, 2.05) is 0 Å². The molecular formula is C62H92O15. The SMILES string of the molecule is C=C1C[C@@H]2CC[C@@]34C[C@H]5O[C@H]6[C@@H](O3)[C@H]3O[C@H](CC[C@@H]3O[C@H]6C5O4)CC(=O)O[C@@H]3[C@@H](C)[C@@H]4O[C@H](CC(=O)C[C@@H]5O[C@@]6(C[C@H](C)[C@@H]5C)C[C@H](C)[C@@H]5O[C@H](CC)[C@H](C)C[C@@H]5O6)[C@H](C)C[C@@H]4O[C@H]3C[C@H]3O[C@@H](CC[C@@H]1O2)C[C@@H](C)C3=C. The van der Waals surface area contributed by atoms with E-state index < -0.39 is 42.1 Å². The van der Waals surface area contributed by atoms with Crippen LogP contribution in [0.15, 0.2) is 24.3 Å². The minimum atomic E-state index is -0.823. The van der Waals surface area contributed by atoms with Crippen molar-refractivity contribution >= 4 is 11.8 Å². The maximum absolute atomic E-state index is 14.6. The van der Waals surface area contributed by atoms with Gasteiger partial charge in [-0.3, -0.25) is 9.59 Å². The molecule has 14 heterocycles. The fourth-order valence-electron chi connectivity index (χ4n) is 17.5. The predicted molar refractivity (Wildman–Crippen MR) is 280 cm³/mol. The molecule has 15 nitrogen and oxygen atoms in total. The fraction of sp³-hybridized carbons (Fsp3) is 0.903. The van der Waals surface area contributed by atoms with E-state index in [1.54, 1.807) is 0 Å². The summed E-state index contributed by atoms with van der Waals surface area (Å²) in [5, 5.41) is 0. The Labute approximate surface area is 457 Å². The minimum Gasteiger partial charge on any atom is -0.459 e. The van der Waals surface area contributed by atoms with Crippen LogP contribution in [-0.2, 0) is 71.2 Å². The summed E-state index contributed by atoms with van der Waals surface area (Å²) in [4.78, 5) is 29.0. The molecule has 14 aliphatic heterocycles. The number of fused-ring (bicyclic) bond motifs is 8. The molecule has 0 aromatic rings. The number of esters is 1. The van der Waals surface area contributed by atoms with E-state index >= 15 is 0 Å². The highest BCUT2D eigenvalue weighted by atomic mass is 16.8. The van der Waals surface area contributed by atoms with Crippen LogP contribution in [0.4, 0.5) is 0 Å². The first kappa shape index (κ1) is 54.4. The normalized spacial score (nSPS) is 55.4. The quantitative estimate of drug-likeness (QED) is 0.190. The Hall–Kier alpha value is -1.86. The van der Waals surface area contributed by atoms with E-state index in [2.05, 4.69) is 68.5 Å². The Morgan fingerprint density at radius 1 is 0.494 bits per heavy atom. The summed E-state index contributed by atoms with van der Waals surface area (Å²) in [6.45, 7) is 26.9. The van der Waals surface area contributed by atoms with Crippen LogP contribution < -0.4 is 0 Å². The standard InChI is InChI=1S/C62H92O15/c1-11-42-31(4)21-50-53(69-42)34(7)27-62(75-50)26-33(6)36(9)47(74-62)23-38(63)22-45-32(5)20-48-54(71-45)37(10)55-49(68-48)25-46-35(8)29(2)18-39(66-46)12-14-43-30(3)19-41(65-43)16-17-61-28-51-57(76-61)58-59(72-51)60(77-61)56-44(70-58)15-13-40(67-56)24-52(64)73-55/h29,31-34,36-37,39-51,53-60H,3,8,11-28H2,1-2,4-7,9-10H3/t29-,31-,32-,33+,34+,36+,37+,39+,40-,41+,42-,43+,44+,45-,46-,47+,48+,49+,50+,51-,53+,54+,55-,56+,57?,58+,59-,60+,61+,62-/m1/s1. The van der Waals surface area contributed by atoms with Crippen LogP contribution in [0, 0.1) is 41.4 Å². The lowest BCUT2D eigenvalue weighted by atomic mass is 9.74. The molecule has 0 N–H and O–H groups in total. The molecule has 0 aromatic carbocycles. The average Bonchev–Trinajstić information content (AvgIpc) is 4.21. The van der Waals surface area contributed by atoms with Crippen molar-refractivity contribution in [1.29, 1.82) is 0 Å². The number of carbonyl (C=O) groups is 2. The van der Waals surface area contributed by atoms with Gasteiger partial charge in [-0.25, -0.2) is 0 Å². The van der Waals surface area contributed by atoms with Crippen molar-refractivity contribution in [2.75, 3.05) is 0 Å². The van der Waals surface area contributed by atoms with Crippen molar-refractivity contribution < 1.29 is 71.2 Å². The van der Waals surface area contributed by atoms with Crippen molar-refractivity contribution in [2.24, 2.45) is 41.4 Å². The molecule has 30 atom stereocenters. The van der Waals surface area contributed by atoms with Crippen molar-refractivity contribution in [3.63, 3.8) is 0 Å². The summed E-state index contributed by atoms with van der Waals surface area (Å²) in [5.74, 6) is -0.483. The maximum Gasteiger partial charge on any atom is 0.308 e. The first-order valence-electron chi connectivity index (χ1n) is 30.9. The molecule has 77 heavy (non-hydrogen) atoms. The van der Waals surface area contributed by atoms with E-state index in [4.69, 9.17) is 61.6 Å². The summed E-state index contributed by atoms with van der Waals surface area (Å²) < 4.78 is 89.7. The molecule has 430 valence electrons. The minimum absolute atomic E-state index is 0.00104. The predicted octanol–water partition coefficient (Wildman–Crippen LogP) is 9.21. The Kier molecular flexibility index (Phi) is 14.9. The van der Waals surface area contributed by atoms with Gasteiger partial charge in [-0.2, -0.15) is 0 Å². The van der Waals surface area contributed by atoms with Gasteiger partial charge in [0.25, 0.3) is 0 Å². The summed E-state index contributed by atoms with van der Waals surface area (Å²) in [6.07, 6.45) is 7.67. The molecule has 15 heteroatoms. The molecule has 0 aliphatic carbocycles. The lowest BCUT2D eigenvalue weighted by Crippen LogP contribution is -2.62. The third-order valence-electron chi connectivity index (χ3n) is 22.0. The largest absolute Gasteiger partial charge is 0.459 e. The highest BCUT2D eigenvalue weighted by Gasteiger charge is 2.69. The van der Waals surface area contributed by atoms with E-state index in [1.165, 1.54) is 0 Å². The second-order valence-corrected chi connectivity index (χ2v) is 27.5. The first-order valence-corrected chi connectivity index (χ1v) is 30.9. The zero-order valence-electron chi connectivity index (χ0n) is 47.4. The van der Waals surface area contributed by atoms with Crippen molar-refractivity contribution in [1.82, 2.24) is 0 Å². The van der Waals surface area contributed by atoms with Gasteiger partial charge in [0.15, 0.2) is 11.6 Å². The Morgan fingerprint density at radius 3 is 2.01 bits per heavy atom. The highest BCUT2D eigenvalue weighted by Crippen LogP contribution is 2.55. The smallest absolute Gasteiger partial charge is 0.308 e. The molecule has 14 rings (SSSR count). The van der Waals surface area contributed by atoms with E-state index in [0.717, 1.165) is 81.8 Å². The number of Topliss-reactive ketones (excluding diaryl/α,β-unsaturated/α-hetero) is 1. The van der Waals surface area contributed by atoms with Gasteiger partial charge in [-0.1, -0.05) is 68.5 Å². The lowest BCUT2D eigenvalue weighted by molar-refractivity contribution is -0.368. The van der Waals surface area contributed by atoms with Gasteiger partial charge in [-0.15, -0.1) is 0 Å². The maximum atomic E-state index is 14.6. The zero-order chi connectivity index (χ0) is 53.4. The summed E-state index contributed by atoms with van der Waals surface area (Å²) in [5.41, 5.74) is 2.18. The molecule has 1 unspecified atom stereocenters. The van der Waals surface area contributed by atoms with Gasteiger partial charge < -0.3 is 61.6 Å². The monoisotopic (exact) mass is 1080 g/mol. The van der Waals surface area contributed by atoms with Gasteiger partial charge in [0.1, 0.15) is 42.4 Å². The van der Waals surface area contributed by atoms with Crippen LogP contribution >= 0.6 is 0 Å². The summed E-state index contributed by atoms with van der Waals surface area (Å²) in [6, 6.07) is 0. The Morgan fingerprint density at radius 2 is 1.18 bits per heavy atom. The number of hydrogen-bond acceptors (Lipinski definition) is 15. The molecule has 0 saturated carbocycles. The third-order valence-corrected chi connectivity index (χ3v) is 22.0. The number of ketones is 1. The van der Waals surface area contributed by atoms with Crippen molar-refractivity contribution in [3.8, 4) is 0 Å². The van der Waals surface area contributed by atoms with Crippen LogP contribution in [0.25, 0.3) is 0 Å². The molecule has 0 amide bonds. The van der Waals surface area contributed by atoms with Gasteiger partial charge in [0.05, 0.1) is 98.0 Å². The second-order valence-electron chi connectivity index (χ2n) is 27.5. The third kappa shape index (κ3) is 10.1. The molecule has 2 spiro atoms. The van der Waals surface area contributed by atoms with E-state index in [-0.39, 0.29) is 152 Å². The van der Waals surface area contributed by atoms with Gasteiger partial charge in [0, 0.05) is 50.9 Å². The first-order chi connectivity index (χ1) is 36.9. The highest BCUT2D eigenvalue weighted by molar-refractivity contribution is 5.79. The van der Waals surface area contributed by atoms with Gasteiger partial charge >= 0.3 is 5.97 Å². The molecule has 14 saturated heterocycles. The lowest BCUT2D eigenvalue weighted by Gasteiger charge is -2.56. The molecule has 14 fully saturated rings. The average molecular weight is 1080 g/mol. The van der Waals surface area contributed by atoms with E-state index in [0.29, 0.717) is 43.9 Å². The molecule has 0 aromatic heterocycles. The Bertz CT molecular complexity index is 2220. The fourth-order valence-corrected chi connectivity index (χ4v) is 17.5. The number of carbonyl (C=O) groups excluding carboxylic acids is 2. The summed E-state index contributed by atoms with van der Waals surface area (Å²) in [7, 11) is 0. The molecular weight excluding hydrogens is 985 g/mol. The van der Waals surface area contributed by atoms with Crippen molar-refractivity contribution in [2.45, 2.75) is 311 Å². The van der Waals surface area contributed by atoms with Crippen LogP contribution in [0.3, 0.4) is 0 Å². The topological polar surface area (TPSA) is 154 Å². The number of hydrogen-bond donors (Lipinski definition) is 0. The van der Waals surface area contributed by atoms with Gasteiger partial charge in [0.2, 0.25) is 0 Å². The molecule has 12 bridgehead atoms. The van der Waals surface area contributed by atoms with Gasteiger partial charge in [-0.05, 0) is 111 Å². The van der Waals surface area contributed by atoms with Crippen LogP contribution in [0.2, 0.25) is 0 Å². The number of rotatable bonds is 5. The summed E-state index contributed by atoms with van der Waals surface area (Å²) >= 11 is 0. The van der Waals surface area contributed by atoms with Crippen LogP contribution in [0.5, 0.6) is 0 Å². The van der Waals surface area contributed by atoms with Crippen LogP contribution in [-0.4, -0.2) is 152 Å². The zero-order valence-corrected chi connectivity index (χ0v) is 47.4. The number of ether oxygens (including phenoxy) is 13.